The van der Waals surface area contributed by atoms with Gasteiger partial charge in [0.15, 0.2) is 18.5 Å². The van der Waals surface area contributed by atoms with Crippen LogP contribution in [-0.4, -0.2) is 88.4 Å². The van der Waals surface area contributed by atoms with Gasteiger partial charge in [0, 0.05) is 12.8 Å². The van der Waals surface area contributed by atoms with E-state index in [-0.39, 0.29) is 19.4 Å². The summed E-state index contributed by atoms with van der Waals surface area (Å²) in [5.41, 5.74) is 0. The fraction of sp³-hybridized carbons (Fsp3) is 0.723. The molecule has 0 aromatic rings. The lowest BCUT2D eigenvalue weighted by atomic mass is 9.99. The van der Waals surface area contributed by atoms with Gasteiger partial charge in [-0.1, -0.05) is 152 Å². The monoisotopic (exact) mass is 819 g/mol. The standard InChI is InChI=1S/C47H78O11/c1-3-5-7-9-11-13-15-17-18-19-20-21-22-24-26-28-30-32-34-36-41(49)57-39(38-56-47-44(52)42(50)43(51)45(58-47)46(53)54)37-55-40(48)35-33-31-29-27-25-23-16-14-12-10-8-6-4-2/h6,8,12,14,17-18,23,25,29,31,39,42-45,47,50-52H,3-5,7,9-11,13,15-16,19-22,24,26-28,30,32-38H2,1-2H3,(H,53,54)/b8-6-,14-12-,18-17-,25-23-,31-29-. The van der Waals surface area contributed by atoms with Gasteiger partial charge in [0.05, 0.1) is 6.61 Å². The molecule has 1 heterocycles. The highest BCUT2D eigenvalue weighted by molar-refractivity contribution is 5.73. The van der Waals surface area contributed by atoms with Gasteiger partial charge in [-0.15, -0.1) is 0 Å². The Kier molecular flexibility index (Phi) is 33.7. The van der Waals surface area contributed by atoms with Crippen LogP contribution >= 0.6 is 0 Å². The van der Waals surface area contributed by atoms with E-state index in [0.717, 1.165) is 44.9 Å². The summed E-state index contributed by atoms with van der Waals surface area (Å²) in [4.78, 5) is 36.7. The molecular weight excluding hydrogens is 741 g/mol. The van der Waals surface area contributed by atoms with Gasteiger partial charge in [-0.05, 0) is 64.2 Å². The summed E-state index contributed by atoms with van der Waals surface area (Å²) in [7, 11) is 0. The van der Waals surface area contributed by atoms with Crippen molar-refractivity contribution in [2.45, 2.75) is 205 Å². The molecule has 1 fully saturated rings. The van der Waals surface area contributed by atoms with Crippen LogP contribution in [0, 0.1) is 0 Å². The van der Waals surface area contributed by atoms with E-state index in [2.05, 4.69) is 62.5 Å². The Bertz CT molecular complexity index is 1190. The van der Waals surface area contributed by atoms with Crippen molar-refractivity contribution in [1.29, 1.82) is 0 Å². The molecule has 0 saturated carbocycles. The number of aliphatic hydroxyl groups excluding tert-OH is 3. The van der Waals surface area contributed by atoms with Crippen molar-refractivity contribution in [3.05, 3.63) is 60.8 Å². The smallest absolute Gasteiger partial charge is 0.335 e. The summed E-state index contributed by atoms with van der Waals surface area (Å²) in [5.74, 6) is -2.55. The quantitative estimate of drug-likeness (QED) is 0.0270. The molecule has 332 valence electrons. The maximum absolute atomic E-state index is 12.8. The van der Waals surface area contributed by atoms with Crippen molar-refractivity contribution in [3.63, 3.8) is 0 Å². The van der Waals surface area contributed by atoms with Crippen LogP contribution in [0.1, 0.15) is 168 Å². The molecular formula is C47H78O11. The number of aliphatic hydroxyl groups is 3. The van der Waals surface area contributed by atoms with Crippen LogP contribution in [0.3, 0.4) is 0 Å². The first-order chi connectivity index (χ1) is 28.2. The first-order valence-electron chi connectivity index (χ1n) is 22.3. The molecule has 0 spiro atoms. The molecule has 1 rings (SSSR count). The lowest BCUT2D eigenvalue weighted by Gasteiger charge is -2.38. The van der Waals surface area contributed by atoms with Gasteiger partial charge in [0.2, 0.25) is 0 Å². The first kappa shape index (κ1) is 52.9. The minimum atomic E-state index is -1.87. The number of unbranched alkanes of at least 4 members (excludes halogenated alkanes) is 15. The summed E-state index contributed by atoms with van der Waals surface area (Å²) in [6.45, 7) is 3.62. The second-order valence-electron chi connectivity index (χ2n) is 15.2. The van der Waals surface area contributed by atoms with Crippen LogP contribution in [0.25, 0.3) is 0 Å². The fourth-order valence-corrected chi connectivity index (χ4v) is 6.36. The Morgan fingerprint density at radius 1 is 0.552 bits per heavy atom. The highest BCUT2D eigenvalue weighted by Gasteiger charge is 2.47. The van der Waals surface area contributed by atoms with E-state index in [4.69, 9.17) is 18.9 Å². The Morgan fingerprint density at radius 3 is 1.60 bits per heavy atom. The number of allylic oxidation sites excluding steroid dienone is 10. The summed E-state index contributed by atoms with van der Waals surface area (Å²) in [5, 5.41) is 39.8. The number of carbonyl (C=O) groups excluding carboxylic acids is 2. The maximum Gasteiger partial charge on any atom is 0.335 e. The number of rotatable bonds is 36. The number of hydrogen-bond acceptors (Lipinski definition) is 10. The third-order valence-electron chi connectivity index (χ3n) is 9.86. The number of aliphatic carboxylic acids is 1. The highest BCUT2D eigenvalue weighted by atomic mass is 16.7. The fourth-order valence-electron chi connectivity index (χ4n) is 6.36. The Balaban J connectivity index is 2.40. The molecule has 11 nitrogen and oxygen atoms in total. The van der Waals surface area contributed by atoms with E-state index < -0.39 is 61.3 Å². The Labute approximate surface area is 349 Å². The molecule has 6 atom stereocenters. The second-order valence-corrected chi connectivity index (χ2v) is 15.2. The van der Waals surface area contributed by atoms with E-state index in [9.17, 15) is 34.8 Å². The molecule has 0 aromatic heterocycles. The molecule has 0 bridgehead atoms. The zero-order chi connectivity index (χ0) is 42.5. The lowest BCUT2D eigenvalue weighted by molar-refractivity contribution is -0.298. The van der Waals surface area contributed by atoms with Gasteiger partial charge < -0.3 is 39.4 Å². The number of carboxylic acid groups (broad SMARTS) is 1. The Hall–Kier alpha value is -3.09. The van der Waals surface area contributed by atoms with Crippen LogP contribution < -0.4 is 0 Å². The van der Waals surface area contributed by atoms with Crippen molar-refractivity contribution in [1.82, 2.24) is 0 Å². The summed E-state index contributed by atoms with van der Waals surface area (Å²) in [6, 6.07) is 0. The third kappa shape index (κ3) is 28.4. The summed E-state index contributed by atoms with van der Waals surface area (Å²) >= 11 is 0. The van der Waals surface area contributed by atoms with Gasteiger partial charge in [0.25, 0.3) is 0 Å². The van der Waals surface area contributed by atoms with Gasteiger partial charge in [-0.2, -0.15) is 0 Å². The van der Waals surface area contributed by atoms with Crippen molar-refractivity contribution >= 4 is 17.9 Å². The molecule has 1 aliphatic heterocycles. The summed E-state index contributed by atoms with van der Waals surface area (Å²) in [6.07, 6.45) is 35.8. The van der Waals surface area contributed by atoms with Gasteiger partial charge in [-0.3, -0.25) is 9.59 Å². The molecule has 1 saturated heterocycles. The maximum atomic E-state index is 12.8. The number of carboxylic acids is 1. The third-order valence-corrected chi connectivity index (χ3v) is 9.86. The van der Waals surface area contributed by atoms with Crippen LogP contribution in [0.5, 0.6) is 0 Å². The SMILES string of the molecule is CC/C=C\C/C=C\C/C=C\C/C=C\CCC(=O)OCC(COC1OC(C(=O)O)C(O)C(O)C1O)OC(=O)CCCCCCCCCCC/C=C\CCCCCCCC. The molecule has 0 aromatic carbocycles. The van der Waals surface area contributed by atoms with Crippen LogP contribution in [-0.2, 0) is 33.3 Å². The lowest BCUT2D eigenvalue weighted by Crippen LogP contribution is -2.60. The molecule has 1 aliphatic rings. The molecule has 58 heavy (non-hydrogen) atoms. The average molecular weight is 819 g/mol. The zero-order valence-corrected chi connectivity index (χ0v) is 35.8. The molecule has 6 unspecified atom stereocenters. The van der Waals surface area contributed by atoms with Crippen LogP contribution in [0.4, 0.5) is 0 Å². The van der Waals surface area contributed by atoms with Crippen molar-refractivity contribution < 1.29 is 53.8 Å². The van der Waals surface area contributed by atoms with Crippen molar-refractivity contribution in [2.75, 3.05) is 13.2 Å². The summed E-state index contributed by atoms with van der Waals surface area (Å²) < 4.78 is 21.6. The topological polar surface area (TPSA) is 169 Å². The van der Waals surface area contributed by atoms with E-state index in [1.54, 1.807) is 0 Å². The van der Waals surface area contributed by atoms with Crippen LogP contribution in [0.2, 0.25) is 0 Å². The second kappa shape index (κ2) is 36.9. The first-order valence-corrected chi connectivity index (χ1v) is 22.3. The number of carbonyl (C=O) groups is 3. The molecule has 0 radical (unpaired) electrons. The minimum Gasteiger partial charge on any atom is -0.479 e. The van der Waals surface area contributed by atoms with Crippen molar-refractivity contribution in [2.24, 2.45) is 0 Å². The predicted octanol–water partition coefficient (Wildman–Crippen LogP) is 9.53. The largest absolute Gasteiger partial charge is 0.479 e. The predicted molar refractivity (Wildman–Crippen MR) is 229 cm³/mol. The molecule has 11 heteroatoms. The van der Waals surface area contributed by atoms with E-state index in [0.29, 0.717) is 12.8 Å². The average Bonchev–Trinajstić information content (AvgIpc) is 3.21. The molecule has 0 aliphatic carbocycles. The van der Waals surface area contributed by atoms with Gasteiger partial charge in [-0.25, -0.2) is 4.79 Å². The van der Waals surface area contributed by atoms with E-state index >= 15 is 0 Å². The number of esters is 2. The van der Waals surface area contributed by atoms with E-state index in [1.165, 1.54) is 83.5 Å². The highest BCUT2D eigenvalue weighted by Crippen LogP contribution is 2.23. The van der Waals surface area contributed by atoms with Gasteiger partial charge in [0.1, 0.15) is 24.9 Å². The normalized spacial score (nSPS) is 20.6. The molecule has 4 N–H and O–H groups in total. The number of hydrogen-bond donors (Lipinski definition) is 4. The molecule has 0 amide bonds. The zero-order valence-electron chi connectivity index (χ0n) is 35.8. The van der Waals surface area contributed by atoms with Gasteiger partial charge >= 0.3 is 17.9 Å². The van der Waals surface area contributed by atoms with E-state index in [1.807, 2.05) is 12.2 Å². The number of ether oxygens (including phenoxy) is 4. The van der Waals surface area contributed by atoms with Crippen molar-refractivity contribution in [3.8, 4) is 0 Å². The Morgan fingerprint density at radius 2 is 1.05 bits per heavy atom. The van der Waals surface area contributed by atoms with Crippen LogP contribution in [0.15, 0.2) is 60.8 Å². The minimum absolute atomic E-state index is 0.112.